The van der Waals surface area contributed by atoms with Gasteiger partial charge in [-0.05, 0) is 61.7 Å². The molecule has 1 aliphatic heterocycles. The number of carbonyl (C=O) groups excluding carboxylic acids is 1. The Balaban J connectivity index is 1.53. The fourth-order valence-electron chi connectivity index (χ4n) is 5.55. The van der Waals surface area contributed by atoms with Crippen LogP contribution in [-0.4, -0.2) is 66.6 Å². The van der Waals surface area contributed by atoms with E-state index in [1.807, 2.05) is 78.9 Å². The van der Waals surface area contributed by atoms with E-state index in [4.69, 9.17) is 28.4 Å². The van der Waals surface area contributed by atoms with Gasteiger partial charge in [0, 0.05) is 12.3 Å². The summed E-state index contributed by atoms with van der Waals surface area (Å²) in [6.45, 7) is 4.41. The van der Waals surface area contributed by atoms with E-state index in [2.05, 4.69) is 4.98 Å². The van der Waals surface area contributed by atoms with Crippen LogP contribution in [0, 0.1) is 5.41 Å². The number of nitrogens with zero attached hydrogens (tertiary/aromatic N) is 1. The monoisotopic (exact) mass is 660 g/mol. The Labute approximate surface area is 277 Å². The number of methoxy groups -OCH3 is 2. The van der Waals surface area contributed by atoms with E-state index < -0.39 is 59.6 Å². The molecule has 0 aliphatic carbocycles. The van der Waals surface area contributed by atoms with Crippen molar-refractivity contribution in [3.8, 4) is 11.5 Å². The summed E-state index contributed by atoms with van der Waals surface area (Å²) in [7, 11) is 3.18. The number of rotatable bonds is 12. The normalized spacial score (nSPS) is 19.5. The number of benzene rings is 3. The third-order valence-corrected chi connectivity index (χ3v) is 8.14. The summed E-state index contributed by atoms with van der Waals surface area (Å²) < 4.78 is 36.2. The first-order valence-electron chi connectivity index (χ1n) is 15.4. The average Bonchev–Trinajstić information content (AvgIpc) is 3.39. The van der Waals surface area contributed by atoms with Crippen LogP contribution in [0.5, 0.6) is 11.5 Å². The highest BCUT2D eigenvalue weighted by atomic mass is 16.7. The van der Waals surface area contributed by atoms with Gasteiger partial charge in [-0.1, -0.05) is 54.6 Å². The smallest absolute Gasteiger partial charge is 0.330 e. The van der Waals surface area contributed by atoms with Gasteiger partial charge >= 0.3 is 11.7 Å². The zero-order valence-electron chi connectivity index (χ0n) is 27.5. The topological polar surface area (TPSA) is 148 Å². The largest absolute Gasteiger partial charge is 0.497 e. The Morgan fingerprint density at radius 1 is 0.854 bits per heavy atom. The number of aliphatic hydroxyl groups is 1. The van der Waals surface area contributed by atoms with Gasteiger partial charge < -0.3 is 33.5 Å². The van der Waals surface area contributed by atoms with Crippen LogP contribution in [0.2, 0.25) is 0 Å². The maximum atomic E-state index is 12.8. The van der Waals surface area contributed by atoms with Crippen LogP contribution >= 0.6 is 0 Å². The minimum Gasteiger partial charge on any atom is -0.497 e. The lowest BCUT2D eigenvalue weighted by atomic mass is 9.80. The molecule has 1 fully saturated rings. The first kappa shape index (κ1) is 34.6. The lowest BCUT2D eigenvalue weighted by Gasteiger charge is -2.37. The molecule has 0 amide bonds. The fraction of sp³-hybridized carbons (Fsp3) is 0.361. The number of carbonyl (C=O) groups is 1. The number of hydrogen-bond acceptors (Lipinski definition) is 10. The second kappa shape index (κ2) is 14.6. The molecule has 0 radical (unpaired) electrons. The number of aromatic nitrogens is 2. The van der Waals surface area contributed by atoms with Crippen molar-refractivity contribution in [1.82, 2.24) is 9.55 Å². The van der Waals surface area contributed by atoms with Crippen LogP contribution in [0.15, 0.2) is 101 Å². The van der Waals surface area contributed by atoms with Crippen molar-refractivity contribution in [2.45, 2.75) is 50.9 Å². The lowest BCUT2D eigenvalue weighted by Crippen LogP contribution is -2.41. The summed E-state index contributed by atoms with van der Waals surface area (Å²) in [5, 5.41) is 11.6. The number of esters is 1. The first-order chi connectivity index (χ1) is 23.0. The van der Waals surface area contributed by atoms with Crippen molar-refractivity contribution in [1.29, 1.82) is 0 Å². The van der Waals surface area contributed by atoms with Gasteiger partial charge in [0.2, 0.25) is 0 Å². The first-order valence-corrected chi connectivity index (χ1v) is 15.4. The second-order valence-corrected chi connectivity index (χ2v) is 12.3. The van der Waals surface area contributed by atoms with Crippen molar-refractivity contribution < 1.29 is 38.3 Å². The summed E-state index contributed by atoms with van der Waals surface area (Å²) in [4.78, 5) is 39.2. The zero-order chi connectivity index (χ0) is 34.5. The number of H-pyrrole nitrogens is 1. The molecule has 1 saturated heterocycles. The van der Waals surface area contributed by atoms with Crippen molar-refractivity contribution in [2.75, 3.05) is 27.6 Å². The SMILES string of the molecule is COc1ccc(C(OC[C@@H]2O[C@H](n3ccc(=O)[nH]c3=O)C(OCOC(=O)C(C)(C)C)C2O)(c2ccccc2)c2ccc(OC)cc2)cc1. The van der Waals surface area contributed by atoms with E-state index in [-0.39, 0.29) is 6.61 Å². The van der Waals surface area contributed by atoms with Crippen molar-refractivity contribution >= 4 is 5.97 Å². The molecule has 48 heavy (non-hydrogen) atoms. The molecule has 12 heteroatoms. The second-order valence-electron chi connectivity index (χ2n) is 12.3. The molecule has 4 aromatic rings. The van der Waals surface area contributed by atoms with Crippen LogP contribution in [0.25, 0.3) is 0 Å². The van der Waals surface area contributed by atoms with Gasteiger partial charge in [-0.25, -0.2) is 4.79 Å². The van der Waals surface area contributed by atoms with Crippen molar-refractivity contribution in [3.63, 3.8) is 0 Å². The van der Waals surface area contributed by atoms with E-state index in [9.17, 15) is 19.5 Å². The summed E-state index contributed by atoms with van der Waals surface area (Å²) in [6, 6.07) is 25.7. The summed E-state index contributed by atoms with van der Waals surface area (Å²) in [5.41, 5.74) is -1.04. The van der Waals surface area contributed by atoms with E-state index in [0.717, 1.165) is 27.3 Å². The molecule has 5 rings (SSSR count). The number of aromatic amines is 1. The van der Waals surface area contributed by atoms with E-state index in [0.29, 0.717) is 11.5 Å². The zero-order valence-corrected chi connectivity index (χ0v) is 27.5. The molecule has 1 aliphatic rings. The van der Waals surface area contributed by atoms with Crippen LogP contribution < -0.4 is 20.7 Å². The van der Waals surface area contributed by atoms with Gasteiger partial charge in [-0.2, -0.15) is 0 Å². The lowest BCUT2D eigenvalue weighted by molar-refractivity contribution is -0.179. The Morgan fingerprint density at radius 3 is 1.94 bits per heavy atom. The number of ether oxygens (including phenoxy) is 6. The molecule has 0 saturated carbocycles. The summed E-state index contributed by atoms with van der Waals surface area (Å²) in [5.74, 6) is 0.804. The molecule has 2 unspecified atom stereocenters. The molecular weight excluding hydrogens is 620 g/mol. The maximum absolute atomic E-state index is 12.8. The van der Waals surface area contributed by atoms with Crippen LogP contribution in [-0.2, 0) is 29.3 Å². The van der Waals surface area contributed by atoms with Gasteiger partial charge in [0.05, 0.1) is 26.2 Å². The minimum atomic E-state index is -1.35. The quantitative estimate of drug-likeness (QED) is 0.131. The highest BCUT2D eigenvalue weighted by Crippen LogP contribution is 2.43. The predicted molar refractivity (Wildman–Crippen MR) is 175 cm³/mol. The van der Waals surface area contributed by atoms with Crippen molar-refractivity contribution in [2.24, 2.45) is 5.41 Å². The Kier molecular flexibility index (Phi) is 10.5. The minimum absolute atomic E-state index is 0.176. The summed E-state index contributed by atoms with van der Waals surface area (Å²) >= 11 is 0. The fourth-order valence-corrected chi connectivity index (χ4v) is 5.55. The number of aliphatic hydroxyl groups excluding tert-OH is 1. The van der Waals surface area contributed by atoms with Gasteiger partial charge in [-0.3, -0.25) is 19.1 Å². The number of hydrogen-bond donors (Lipinski definition) is 2. The van der Waals surface area contributed by atoms with Crippen molar-refractivity contribution in [3.05, 3.63) is 129 Å². The van der Waals surface area contributed by atoms with Crippen LogP contribution in [0.3, 0.4) is 0 Å². The predicted octanol–water partition coefficient (Wildman–Crippen LogP) is 3.75. The highest BCUT2D eigenvalue weighted by Gasteiger charge is 2.48. The Hall–Kier alpha value is -4.75. The van der Waals surface area contributed by atoms with Gasteiger partial charge in [0.25, 0.3) is 5.56 Å². The van der Waals surface area contributed by atoms with E-state index >= 15 is 0 Å². The molecule has 0 bridgehead atoms. The molecule has 4 atom stereocenters. The molecule has 12 nitrogen and oxygen atoms in total. The molecule has 2 N–H and O–H groups in total. The highest BCUT2D eigenvalue weighted by molar-refractivity contribution is 5.75. The van der Waals surface area contributed by atoms with Crippen LogP contribution in [0.1, 0.15) is 43.7 Å². The van der Waals surface area contributed by atoms with E-state index in [1.54, 1.807) is 35.0 Å². The molecular formula is C36H40N2O10. The molecule has 0 spiro atoms. The van der Waals surface area contributed by atoms with E-state index in [1.165, 1.54) is 6.20 Å². The molecule has 3 aromatic carbocycles. The van der Waals surface area contributed by atoms with Gasteiger partial charge in [0.15, 0.2) is 13.0 Å². The van der Waals surface area contributed by atoms with Gasteiger partial charge in [0.1, 0.15) is 35.4 Å². The Morgan fingerprint density at radius 2 is 1.42 bits per heavy atom. The Bertz CT molecular complexity index is 1730. The van der Waals surface area contributed by atoms with Crippen LogP contribution in [0.4, 0.5) is 0 Å². The number of nitrogens with one attached hydrogen (secondary N) is 1. The maximum Gasteiger partial charge on any atom is 0.330 e. The molecule has 1 aromatic heterocycles. The average molecular weight is 661 g/mol. The third-order valence-electron chi connectivity index (χ3n) is 8.14. The van der Waals surface area contributed by atoms with Gasteiger partial charge in [-0.15, -0.1) is 0 Å². The standard InChI is InChI=1S/C36H40N2O10/c1-35(2,3)33(41)46-22-45-31-30(40)28(48-32(31)38-20-19-29(39)37-34(38)42)21-47-36(23-9-7-6-8-10-23,24-11-15-26(43-4)16-12-24)25-13-17-27(44-5)18-14-25/h6-20,28,30-32,40H,21-22H2,1-5H3,(H,37,39,42)/t28-,30?,31?,32-/m0/s1. The molecule has 2 heterocycles. The summed E-state index contributed by atoms with van der Waals surface area (Å²) in [6.07, 6.45) is -3.50. The molecule has 254 valence electrons. The third kappa shape index (κ3) is 7.21.